The fourth-order valence-electron chi connectivity index (χ4n) is 9.18. The van der Waals surface area contributed by atoms with Crippen LogP contribution >= 0.6 is 0 Å². The van der Waals surface area contributed by atoms with E-state index in [0.29, 0.717) is 0 Å². The fraction of sp³-hybridized carbons (Fsp3) is 0.0577. The Morgan fingerprint density at radius 2 is 0.946 bits per heavy atom. The minimum Gasteiger partial charge on any atom is -0.457 e. The van der Waals surface area contributed by atoms with Crippen LogP contribution in [0.5, 0.6) is 11.5 Å². The quantitative estimate of drug-likeness (QED) is 0.186. The molecule has 3 aliphatic rings. The molecule has 4 nitrogen and oxygen atoms in total. The van der Waals surface area contributed by atoms with E-state index < -0.39 is 5.41 Å². The molecule has 2 aliphatic heterocycles. The molecule has 0 saturated carbocycles. The van der Waals surface area contributed by atoms with E-state index >= 15 is 0 Å². The second-order valence-corrected chi connectivity index (χ2v) is 14.7. The largest absolute Gasteiger partial charge is 0.457 e. The molecular formula is C52H37N3O. The Bertz CT molecular complexity index is 2760. The van der Waals surface area contributed by atoms with Gasteiger partial charge in [-0.05, 0) is 79.9 Å². The summed E-state index contributed by atoms with van der Waals surface area (Å²) in [6.45, 7) is 0. The molecule has 4 heteroatoms. The van der Waals surface area contributed by atoms with Gasteiger partial charge in [0.1, 0.15) is 29.7 Å². The molecule has 0 saturated heterocycles. The molecule has 2 N–H and O–H groups in total. The van der Waals surface area contributed by atoms with Gasteiger partial charge < -0.3 is 10.1 Å². The average molecular weight is 720 g/mol. The zero-order valence-electron chi connectivity index (χ0n) is 30.6. The highest BCUT2D eigenvalue weighted by Crippen LogP contribution is 2.63. The molecule has 266 valence electrons. The lowest BCUT2D eigenvalue weighted by molar-refractivity contribution is 0.409. The van der Waals surface area contributed by atoms with Crippen molar-refractivity contribution in [2.45, 2.75) is 17.7 Å². The summed E-state index contributed by atoms with van der Waals surface area (Å²) in [6.07, 6.45) is -0.285. The van der Waals surface area contributed by atoms with Gasteiger partial charge in [0.2, 0.25) is 0 Å². The summed E-state index contributed by atoms with van der Waals surface area (Å²) in [4.78, 5) is 5.22. The minimum absolute atomic E-state index is 0.0955. The van der Waals surface area contributed by atoms with Gasteiger partial charge in [-0.2, -0.15) is 0 Å². The molecule has 0 radical (unpaired) electrons. The van der Waals surface area contributed by atoms with Crippen LogP contribution in [0.1, 0.15) is 51.3 Å². The topological polar surface area (TPSA) is 45.6 Å². The molecular weight excluding hydrogens is 683 g/mol. The predicted molar refractivity (Wildman–Crippen MR) is 226 cm³/mol. The molecule has 1 aliphatic carbocycles. The first-order chi connectivity index (χ1) is 27.8. The smallest absolute Gasteiger partial charge is 0.132 e. The molecule has 8 aromatic rings. The first kappa shape index (κ1) is 32.4. The second-order valence-electron chi connectivity index (χ2n) is 14.7. The summed E-state index contributed by atoms with van der Waals surface area (Å²) >= 11 is 0. The molecule has 0 amide bonds. The van der Waals surface area contributed by atoms with Gasteiger partial charge in [-0.15, -0.1) is 0 Å². The van der Waals surface area contributed by atoms with Crippen LogP contribution < -0.4 is 15.4 Å². The number of fused-ring (bicyclic) bond motifs is 9. The summed E-state index contributed by atoms with van der Waals surface area (Å²) in [5.74, 6) is 2.67. The number of para-hydroxylation sites is 2. The standard InChI is InChI=1S/C52H37N3O/c1-3-16-34(17-4-1)49-53-50(35-18-5-2-6-19-35)55-51(54-49)39-23-14-21-37(33-39)36-20-13-22-38(32-36)40-25-15-29-45-48(40)41-24-7-8-26-42(41)52(45)43-27-9-11-30-46(43)56-47-31-12-10-28-44(47)52/h1-33,49-50,53H,(H,54,55). The third-order valence-electron chi connectivity index (χ3n) is 11.6. The Hall–Kier alpha value is -7.01. The fourth-order valence-corrected chi connectivity index (χ4v) is 9.18. The van der Waals surface area contributed by atoms with Crippen LogP contribution in [-0.4, -0.2) is 5.84 Å². The van der Waals surface area contributed by atoms with Gasteiger partial charge in [0.25, 0.3) is 0 Å². The van der Waals surface area contributed by atoms with Gasteiger partial charge in [0, 0.05) is 16.7 Å². The molecule has 0 bridgehead atoms. The summed E-state index contributed by atoms with van der Waals surface area (Å²) in [5, 5.41) is 7.42. The predicted octanol–water partition coefficient (Wildman–Crippen LogP) is 11.8. The Kier molecular flexibility index (Phi) is 7.58. The molecule has 56 heavy (non-hydrogen) atoms. The number of nitrogens with one attached hydrogen (secondary N) is 2. The normalized spacial score (nSPS) is 17.0. The van der Waals surface area contributed by atoms with E-state index in [-0.39, 0.29) is 12.3 Å². The van der Waals surface area contributed by atoms with Crippen LogP contribution in [0.3, 0.4) is 0 Å². The minimum atomic E-state index is -0.503. The van der Waals surface area contributed by atoms with E-state index in [0.717, 1.165) is 45.2 Å². The van der Waals surface area contributed by atoms with E-state index in [4.69, 9.17) is 9.73 Å². The van der Waals surface area contributed by atoms with Gasteiger partial charge in [-0.1, -0.05) is 176 Å². The third kappa shape index (κ3) is 5.07. The molecule has 8 aromatic carbocycles. The van der Waals surface area contributed by atoms with Gasteiger partial charge in [0.05, 0.1) is 5.41 Å². The summed E-state index contributed by atoms with van der Waals surface area (Å²) in [7, 11) is 0. The van der Waals surface area contributed by atoms with Crippen LogP contribution in [0, 0.1) is 0 Å². The third-order valence-corrected chi connectivity index (χ3v) is 11.6. The van der Waals surface area contributed by atoms with E-state index in [2.05, 4.69) is 205 Å². The number of ether oxygens (including phenoxy) is 1. The van der Waals surface area contributed by atoms with Crippen LogP contribution in [0.2, 0.25) is 0 Å². The van der Waals surface area contributed by atoms with Crippen molar-refractivity contribution < 1.29 is 4.74 Å². The first-order valence-corrected chi connectivity index (χ1v) is 19.3. The lowest BCUT2D eigenvalue weighted by Gasteiger charge is -2.39. The number of hydrogen-bond acceptors (Lipinski definition) is 4. The highest BCUT2D eigenvalue weighted by Gasteiger charge is 2.51. The Balaban J connectivity index is 1.02. The van der Waals surface area contributed by atoms with Crippen molar-refractivity contribution in [3.8, 4) is 44.9 Å². The van der Waals surface area contributed by atoms with E-state index in [1.807, 2.05) is 6.07 Å². The summed E-state index contributed by atoms with van der Waals surface area (Å²) in [6, 6.07) is 71.5. The van der Waals surface area contributed by atoms with Crippen LogP contribution in [0.15, 0.2) is 205 Å². The molecule has 2 atom stereocenters. The number of hydrogen-bond donors (Lipinski definition) is 2. The van der Waals surface area contributed by atoms with Crippen molar-refractivity contribution in [2.24, 2.45) is 4.99 Å². The van der Waals surface area contributed by atoms with Gasteiger partial charge in [0.15, 0.2) is 0 Å². The molecule has 0 fully saturated rings. The number of amidine groups is 1. The Morgan fingerprint density at radius 3 is 1.66 bits per heavy atom. The first-order valence-electron chi connectivity index (χ1n) is 19.3. The SMILES string of the molecule is c1ccc(C2N=C(c3cccc(-c4cccc(-c5cccc6c5-c5ccccc5C65c6ccccc6Oc6ccccc65)c4)c3)NC(c3ccccc3)N2)cc1. The van der Waals surface area contributed by atoms with Crippen molar-refractivity contribution in [1.82, 2.24) is 10.6 Å². The van der Waals surface area contributed by atoms with Crippen LogP contribution in [-0.2, 0) is 5.41 Å². The summed E-state index contributed by atoms with van der Waals surface area (Å²) in [5.41, 5.74) is 15.0. The molecule has 11 rings (SSSR count). The monoisotopic (exact) mass is 719 g/mol. The second kappa shape index (κ2) is 13.1. The number of nitrogens with zero attached hydrogens (tertiary/aromatic N) is 1. The van der Waals surface area contributed by atoms with Crippen molar-refractivity contribution in [3.05, 3.63) is 239 Å². The Morgan fingerprint density at radius 1 is 0.429 bits per heavy atom. The zero-order valence-corrected chi connectivity index (χ0v) is 30.6. The number of benzene rings is 8. The number of rotatable bonds is 5. The number of aliphatic imine (C=N–C) groups is 1. The van der Waals surface area contributed by atoms with Crippen LogP contribution in [0.4, 0.5) is 0 Å². The van der Waals surface area contributed by atoms with Gasteiger partial charge in [-0.3, -0.25) is 5.32 Å². The highest BCUT2D eigenvalue weighted by molar-refractivity contribution is 6.01. The molecule has 2 unspecified atom stereocenters. The van der Waals surface area contributed by atoms with E-state index in [1.54, 1.807) is 0 Å². The lowest BCUT2D eigenvalue weighted by Crippen LogP contribution is -2.44. The maximum atomic E-state index is 6.57. The highest BCUT2D eigenvalue weighted by atomic mass is 16.5. The summed E-state index contributed by atoms with van der Waals surface area (Å²) < 4.78 is 6.57. The maximum Gasteiger partial charge on any atom is 0.132 e. The Labute approximate surface area is 326 Å². The molecule has 1 spiro atoms. The molecule has 2 heterocycles. The zero-order chi connectivity index (χ0) is 37.1. The van der Waals surface area contributed by atoms with Crippen molar-refractivity contribution in [1.29, 1.82) is 0 Å². The van der Waals surface area contributed by atoms with E-state index in [9.17, 15) is 0 Å². The van der Waals surface area contributed by atoms with Gasteiger partial charge in [-0.25, -0.2) is 4.99 Å². The lowest BCUT2D eigenvalue weighted by atomic mass is 9.66. The average Bonchev–Trinajstić information content (AvgIpc) is 3.58. The molecule has 0 aromatic heterocycles. The van der Waals surface area contributed by atoms with Crippen LogP contribution in [0.25, 0.3) is 33.4 Å². The van der Waals surface area contributed by atoms with Crippen molar-refractivity contribution in [2.75, 3.05) is 0 Å². The maximum absolute atomic E-state index is 6.57. The van der Waals surface area contributed by atoms with E-state index in [1.165, 1.54) is 44.5 Å². The van der Waals surface area contributed by atoms with Gasteiger partial charge >= 0.3 is 0 Å². The van der Waals surface area contributed by atoms with Crippen molar-refractivity contribution >= 4 is 5.84 Å². The van der Waals surface area contributed by atoms with Crippen molar-refractivity contribution in [3.63, 3.8) is 0 Å².